The molecule has 1 aromatic heterocycles. The van der Waals surface area contributed by atoms with Crippen LogP contribution in [0.3, 0.4) is 0 Å². The number of carbonyl (C=O) groups excluding carboxylic acids is 1. The van der Waals surface area contributed by atoms with Crippen molar-refractivity contribution in [1.82, 2.24) is 20.1 Å². The van der Waals surface area contributed by atoms with Gasteiger partial charge in [0.25, 0.3) is 5.91 Å². The van der Waals surface area contributed by atoms with Crippen molar-refractivity contribution in [2.45, 2.75) is 38.9 Å². The number of piperidine rings is 1. The lowest BCUT2D eigenvalue weighted by Gasteiger charge is -2.31. The van der Waals surface area contributed by atoms with Gasteiger partial charge in [-0.25, -0.2) is 4.39 Å². The second kappa shape index (κ2) is 8.16. The minimum Gasteiger partial charge on any atom is -0.345 e. The summed E-state index contributed by atoms with van der Waals surface area (Å²) in [5.41, 5.74) is 6.93. The molecule has 3 N–H and O–H groups in total. The smallest absolute Gasteiger partial charge is 0.289 e. The molecule has 8 heteroatoms. The van der Waals surface area contributed by atoms with E-state index in [1.54, 1.807) is 18.2 Å². The van der Waals surface area contributed by atoms with Crippen molar-refractivity contribution in [3.8, 4) is 0 Å². The molecule has 0 radical (unpaired) electrons. The minimum atomic E-state index is -0.305. The number of fused-ring (bicyclic) bond motifs is 1. The topological polar surface area (TPSA) is 89.1 Å². The zero-order valence-corrected chi connectivity index (χ0v) is 16.4. The fourth-order valence-electron chi connectivity index (χ4n) is 3.91. The highest BCUT2D eigenvalue weighted by atomic mass is 19.1. The van der Waals surface area contributed by atoms with Crippen LogP contribution in [0.2, 0.25) is 0 Å². The molecular weight excluding hydrogens is 371 g/mol. The summed E-state index contributed by atoms with van der Waals surface area (Å²) < 4.78 is 15.8. The van der Waals surface area contributed by atoms with E-state index in [4.69, 9.17) is 5.73 Å². The Kier molecular flexibility index (Phi) is 5.44. The summed E-state index contributed by atoms with van der Waals surface area (Å²) in [6.45, 7) is 4.38. The maximum atomic E-state index is 14.0. The highest BCUT2D eigenvalue weighted by molar-refractivity contribution is 5.92. The number of aromatic nitrogens is 3. The highest BCUT2D eigenvalue weighted by Crippen LogP contribution is 2.22. The lowest BCUT2D eigenvalue weighted by Crippen LogP contribution is -2.44. The number of nitrogens with zero attached hydrogens (tertiary/aromatic N) is 4. The summed E-state index contributed by atoms with van der Waals surface area (Å²) in [5, 5.41) is 12.6. The number of hydrogen-bond acceptors (Lipinski definition) is 5. The molecular formula is C21H25FN6O. The lowest BCUT2D eigenvalue weighted by atomic mass is 10.0. The SMILES string of the molecule is CCn1c(C(=O)NCc2ccc(F)c3ccccc23)nnc1N1CCCC(N)C1. The van der Waals surface area contributed by atoms with E-state index >= 15 is 0 Å². The van der Waals surface area contributed by atoms with Gasteiger partial charge in [-0.3, -0.25) is 9.36 Å². The Morgan fingerprint density at radius 1 is 1.24 bits per heavy atom. The van der Waals surface area contributed by atoms with Crippen LogP contribution in [0, 0.1) is 5.82 Å². The number of rotatable bonds is 5. The van der Waals surface area contributed by atoms with E-state index in [0.29, 0.717) is 24.4 Å². The molecule has 1 atom stereocenters. The summed E-state index contributed by atoms with van der Waals surface area (Å²) in [4.78, 5) is 14.9. The Morgan fingerprint density at radius 3 is 2.79 bits per heavy atom. The normalized spacial score (nSPS) is 16.9. The standard InChI is InChI=1S/C21H25FN6O/c1-2-28-19(25-26-21(28)27-11-5-6-15(23)13-27)20(29)24-12-14-9-10-18(22)17-8-4-3-7-16(14)17/h3-4,7-10,15H,2,5-6,11-13,23H2,1H3,(H,24,29). The van der Waals surface area contributed by atoms with E-state index in [1.807, 2.05) is 23.6 Å². The number of benzene rings is 2. The second-order valence-corrected chi connectivity index (χ2v) is 7.35. The summed E-state index contributed by atoms with van der Waals surface area (Å²) in [6, 6.07) is 10.5. The van der Waals surface area contributed by atoms with Crippen molar-refractivity contribution < 1.29 is 9.18 Å². The van der Waals surface area contributed by atoms with Gasteiger partial charge in [0.2, 0.25) is 11.8 Å². The first kappa shape index (κ1) is 19.3. The maximum Gasteiger partial charge on any atom is 0.289 e. The third-order valence-corrected chi connectivity index (χ3v) is 5.39. The van der Waals surface area contributed by atoms with Gasteiger partial charge in [0.05, 0.1) is 0 Å². The molecule has 0 aliphatic carbocycles. The molecule has 1 unspecified atom stereocenters. The van der Waals surface area contributed by atoms with Crippen LogP contribution in [-0.4, -0.2) is 39.8 Å². The number of anilines is 1. The van der Waals surface area contributed by atoms with Gasteiger partial charge in [-0.1, -0.05) is 30.3 Å². The summed E-state index contributed by atoms with van der Waals surface area (Å²) >= 11 is 0. The average Bonchev–Trinajstić information content (AvgIpc) is 3.17. The van der Waals surface area contributed by atoms with Crippen molar-refractivity contribution in [2.24, 2.45) is 5.73 Å². The molecule has 2 heterocycles. The van der Waals surface area contributed by atoms with Gasteiger partial charge in [0.15, 0.2) is 0 Å². The fraction of sp³-hybridized carbons (Fsp3) is 0.381. The molecule has 1 amide bonds. The monoisotopic (exact) mass is 396 g/mol. The molecule has 7 nitrogen and oxygen atoms in total. The van der Waals surface area contributed by atoms with E-state index < -0.39 is 0 Å². The summed E-state index contributed by atoms with van der Waals surface area (Å²) in [7, 11) is 0. The van der Waals surface area contributed by atoms with Gasteiger partial charge in [-0.05, 0) is 36.8 Å². The summed E-state index contributed by atoms with van der Waals surface area (Å²) in [5.74, 6) is 0.374. The molecule has 1 aliphatic heterocycles. The molecule has 2 aromatic carbocycles. The van der Waals surface area contributed by atoms with Crippen LogP contribution >= 0.6 is 0 Å². The van der Waals surface area contributed by atoms with Crippen molar-refractivity contribution in [2.75, 3.05) is 18.0 Å². The molecule has 1 fully saturated rings. The quantitative estimate of drug-likeness (QED) is 0.692. The highest BCUT2D eigenvalue weighted by Gasteiger charge is 2.25. The molecule has 0 bridgehead atoms. The third kappa shape index (κ3) is 3.80. The van der Waals surface area contributed by atoms with Crippen molar-refractivity contribution in [3.05, 3.63) is 53.6 Å². The number of hydrogen-bond donors (Lipinski definition) is 2. The fourth-order valence-corrected chi connectivity index (χ4v) is 3.91. The first-order chi connectivity index (χ1) is 14.1. The molecule has 3 aromatic rings. The number of nitrogens with one attached hydrogen (secondary N) is 1. The molecule has 152 valence electrons. The zero-order valence-electron chi connectivity index (χ0n) is 16.4. The van der Waals surface area contributed by atoms with E-state index in [0.717, 1.165) is 30.3 Å². The van der Waals surface area contributed by atoms with Gasteiger partial charge in [0, 0.05) is 37.6 Å². The molecule has 4 rings (SSSR count). The van der Waals surface area contributed by atoms with Crippen LogP contribution in [0.15, 0.2) is 36.4 Å². The first-order valence-electron chi connectivity index (χ1n) is 9.96. The number of halogens is 1. The Bertz CT molecular complexity index is 1030. The van der Waals surface area contributed by atoms with Crippen LogP contribution in [0.1, 0.15) is 35.9 Å². The number of amides is 1. The Balaban J connectivity index is 1.53. The maximum absolute atomic E-state index is 14.0. The van der Waals surface area contributed by atoms with Gasteiger partial charge in [0.1, 0.15) is 5.82 Å². The Labute approximate surface area is 168 Å². The van der Waals surface area contributed by atoms with Gasteiger partial charge in [-0.2, -0.15) is 0 Å². The van der Waals surface area contributed by atoms with E-state index in [9.17, 15) is 9.18 Å². The van der Waals surface area contributed by atoms with Gasteiger partial charge < -0.3 is 16.0 Å². The molecule has 0 spiro atoms. The number of nitrogens with two attached hydrogens (primary N) is 1. The largest absolute Gasteiger partial charge is 0.345 e. The predicted octanol–water partition coefficient (Wildman–Crippen LogP) is 2.45. The van der Waals surface area contributed by atoms with Crippen molar-refractivity contribution in [1.29, 1.82) is 0 Å². The van der Waals surface area contributed by atoms with Crippen LogP contribution < -0.4 is 16.0 Å². The average molecular weight is 396 g/mol. The van der Waals surface area contributed by atoms with Gasteiger partial charge >= 0.3 is 0 Å². The lowest BCUT2D eigenvalue weighted by molar-refractivity contribution is 0.0936. The van der Waals surface area contributed by atoms with Gasteiger partial charge in [-0.15, -0.1) is 10.2 Å². The Morgan fingerprint density at radius 2 is 2.03 bits per heavy atom. The predicted molar refractivity (Wildman–Crippen MR) is 110 cm³/mol. The van der Waals surface area contributed by atoms with Crippen LogP contribution in [0.5, 0.6) is 0 Å². The summed E-state index contributed by atoms with van der Waals surface area (Å²) in [6.07, 6.45) is 1.99. The number of carbonyl (C=O) groups is 1. The minimum absolute atomic E-state index is 0.106. The molecule has 29 heavy (non-hydrogen) atoms. The van der Waals surface area contributed by atoms with Crippen LogP contribution in [-0.2, 0) is 13.1 Å². The molecule has 1 saturated heterocycles. The van der Waals surface area contributed by atoms with E-state index in [2.05, 4.69) is 20.4 Å². The first-order valence-corrected chi connectivity index (χ1v) is 9.96. The van der Waals surface area contributed by atoms with Crippen molar-refractivity contribution >= 4 is 22.6 Å². The van der Waals surface area contributed by atoms with Crippen molar-refractivity contribution in [3.63, 3.8) is 0 Å². The van der Waals surface area contributed by atoms with Crippen LogP contribution in [0.25, 0.3) is 10.8 Å². The second-order valence-electron chi connectivity index (χ2n) is 7.35. The third-order valence-electron chi connectivity index (χ3n) is 5.39. The Hall–Kier alpha value is -3.00. The zero-order chi connectivity index (χ0) is 20.4. The molecule has 0 saturated carbocycles. The van der Waals surface area contributed by atoms with E-state index in [1.165, 1.54) is 6.07 Å². The molecule has 1 aliphatic rings. The van der Waals surface area contributed by atoms with Crippen LogP contribution in [0.4, 0.5) is 10.3 Å². The van der Waals surface area contributed by atoms with E-state index in [-0.39, 0.29) is 30.1 Å².